The summed E-state index contributed by atoms with van der Waals surface area (Å²) in [7, 11) is 0. The highest BCUT2D eigenvalue weighted by molar-refractivity contribution is 6.07. The van der Waals surface area contributed by atoms with E-state index in [4.69, 9.17) is 0 Å². The zero-order valence-corrected chi connectivity index (χ0v) is 9.78. The molecule has 0 aromatic heterocycles. The Kier molecular flexibility index (Phi) is 2.36. The van der Waals surface area contributed by atoms with Gasteiger partial charge in [-0.05, 0) is 37.0 Å². The van der Waals surface area contributed by atoms with Gasteiger partial charge in [0.1, 0.15) is 11.4 Å². The molecular weight excluding hydrogens is 235 g/mol. The van der Waals surface area contributed by atoms with Crippen molar-refractivity contribution in [2.75, 3.05) is 0 Å². The van der Waals surface area contributed by atoms with E-state index in [1.807, 2.05) is 0 Å². The molecule has 3 rings (SSSR count). The highest BCUT2D eigenvalue weighted by atomic mass is 19.1. The fourth-order valence-corrected chi connectivity index (χ4v) is 2.46. The number of halogens is 1. The number of rotatable bonds is 2. The van der Waals surface area contributed by atoms with Gasteiger partial charge in [0.15, 0.2) is 0 Å². The van der Waals surface area contributed by atoms with Crippen LogP contribution in [0, 0.1) is 5.82 Å². The van der Waals surface area contributed by atoms with Crippen molar-refractivity contribution in [3.63, 3.8) is 0 Å². The normalized spacial score (nSPS) is 21.1. The van der Waals surface area contributed by atoms with Crippen molar-refractivity contribution in [3.8, 4) is 0 Å². The molecule has 1 spiro atoms. The monoisotopic (exact) mass is 248 g/mol. The average molecular weight is 248 g/mol. The van der Waals surface area contributed by atoms with Gasteiger partial charge < -0.3 is 5.32 Å². The number of carbonyl (C=O) groups excluding carboxylic acids is 2. The van der Waals surface area contributed by atoms with Crippen LogP contribution in [0.5, 0.6) is 0 Å². The molecule has 4 nitrogen and oxygen atoms in total. The lowest BCUT2D eigenvalue weighted by Gasteiger charge is -2.34. The van der Waals surface area contributed by atoms with Crippen molar-refractivity contribution >= 4 is 11.9 Å². The van der Waals surface area contributed by atoms with E-state index in [2.05, 4.69) is 5.32 Å². The number of benzene rings is 1. The van der Waals surface area contributed by atoms with Crippen molar-refractivity contribution in [1.29, 1.82) is 0 Å². The van der Waals surface area contributed by atoms with E-state index in [-0.39, 0.29) is 24.3 Å². The third-order valence-electron chi connectivity index (χ3n) is 3.71. The van der Waals surface area contributed by atoms with Crippen molar-refractivity contribution in [2.45, 2.75) is 31.3 Å². The fraction of sp³-hybridized carbons (Fsp3) is 0.385. The number of imide groups is 1. The molecular formula is C13H13FN2O2. The van der Waals surface area contributed by atoms with E-state index in [0.29, 0.717) is 0 Å². The van der Waals surface area contributed by atoms with Crippen LogP contribution in [0.1, 0.15) is 24.8 Å². The second kappa shape index (κ2) is 3.80. The fourth-order valence-electron chi connectivity index (χ4n) is 2.46. The summed E-state index contributed by atoms with van der Waals surface area (Å²) in [5.41, 5.74) is 0.105. The molecule has 1 aliphatic heterocycles. The molecule has 1 aromatic rings. The van der Waals surface area contributed by atoms with Crippen LogP contribution in [-0.2, 0) is 11.3 Å². The Morgan fingerprint density at radius 1 is 1.22 bits per heavy atom. The lowest BCUT2D eigenvalue weighted by atomic mass is 9.77. The van der Waals surface area contributed by atoms with Crippen LogP contribution in [-0.4, -0.2) is 22.4 Å². The van der Waals surface area contributed by atoms with Gasteiger partial charge in [0.05, 0.1) is 6.54 Å². The number of amides is 3. The first kappa shape index (κ1) is 11.2. The molecule has 3 amide bonds. The molecule has 1 aliphatic carbocycles. The summed E-state index contributed by atoms with van der Waals surface area (Å²) in [6, 6.07) is 5.48. The van der Waals surface area contributed by atoms with Gasteiger partial charge in [-0.25, -0.2) is 9.18 Å². The Balaban J connectivity index is 1.78. The molecule has 1 heterocycles. The van der Waals surface area contributed by atoms with Crippen molar-refractivity contribution in [2.24, 2.45) is 0 Å². The molecule has 1 aromatic carbocycles. The Morgan fingerprint density at radius 2 is 1.89 bits per heavy atom. The van der Waals surface area contributed by atoms with Crippen LogP contribution in [0.3, 0.4) is 0 Å². The highest BCUT2D eigenvalue weighted by Crippen LogP contribution is 2.37. The molecule has 1 saturated carbocycles. The topological polar surface area (TPSA) is 49.4 Å². The van der Waals surface area contributed by atoms with Gasteiger partial charge in [-0.3, -0.25) is 9.69 Å². The minimum Gasteiger partial charge on any atom is -0.323 e. The van der Waals surface area contributed by atoms with E-state index < -0.39 is 5.54 Å². The quantitative estimate of drug-likeness (QED) is 0.811. The van der Waals surface area contributed by atoms with Gasteiger partial charge in [0.25, 0.3) is 5.91 Å². The Labute approximate surface area is 104 Å². The number of nitrogens with zero attached hydrogens (tertiary/aromatic N) is 1. The highest BCUT2D eigenvalue weighted by Gasteiger charge is 2.54. The predicted molar refractivity (Wildman–Crippen MR) is 62.1 cm³/mol. The van der Waals surface area contributed by atoms with Gasteiger partial charge >= 0.3 is 6.03 Å². The Bertz CT molecular complexity index is 508. The van der Waals surface area contributed by atoms with Gasteiger partial charge in [0, 0.05) is 0 Å². The van der Waals surface area contributed by atoms with Crippen LogP contribution >= 0.6 is 0 Å². The van der Waals surface area contributed by atoms with Crippen molar-refractivity contribution < 1.29 is 14.0 Å². The van der Waals surface area contributed by atoms with Crippen LogP contribution < -0.4 is 5.32 Å². The molecule has 1 N–H and O–H groups in total. The lowest BCUT2D eigenvalue weighted by molar-refractivity contribution is -0.134. The Hall–Kier alpha value is -1.91. The predicted octanol–water partition coefficient (Wildman–Crippen LogP) is 1.80. The second-order valence-corrected chi connectivity index (χ2v) is 4.88. The van der Waals surface area contributed by atoms with Gasteiger partial charge in [-0.1, -0.05) is 12.1 Å². The molecule has 1 saturated heterocycles. The molecule has 94 valence electrons. The molecule has 2 aliphatic rings. The summed E-state index contributed by atoms with van der Waals surface area (Å²) in [5, 5.41) is 2.76. The van der Waals surface area contributed by atoms with E-state index in [1.54, 1.807) is 12.1 Å². The molecule has 2 fully saturated rings. The third-order valence-corrected chi connectivity index (χ3v) is 3.71. The molecule has 18 heavy (non-hydrogen) atoms. The first-order chi connectivity index (χ1) is 8.61. The molecule has 5 heteroatoms. The van der Waals surface area contributed by atoms with Gasteiger partial charge in [-0.2, -0.15) is 0 Å². The lowest BCUT2D eigenvalue weighted by Crippen LogP contribution is -2.52. The molecule has 0 bridgehead atoms. The first-order valence-corrected chi connectivity index (χ1v) is 5.99. The summed E-state index contributed by atoms with van der Waals surface area (Å²) >= 11 is 0. The summed E-state index contributed by atoms with van der Waals surface area (Å²) in [5.74, 6) is -0.477. The van der Waals surface area contributed by atoms with Crippen LogP contribution in [0.4, 0.5) is 9.18 Å². The van der Waals surface area contributed by atoms with Crippen LogP contribution in [0.15, 0.2) is 24.3 Å². The van der Waals surface area contributed by atoms with Gasteiger partial charge in [0.2, 0.25) is 0 Å². The van der Waals surface area contributed by atoms with E-state index >= 15 is 0 Å². The van der Waals surface area contributed by atoms with E-state index in [0.717, 1.165) is 24.8 Å². The standard InChI is InChI=1S/C13H13FN2O2/c14-10-4-2-9(3-5-10)8-16-11(17)13(6-1-7-13)15-12(16)18/h2-5H,1,6-8H2,(H,15,18). The zero-order chi connectivity index (χ0) is 12.8. The van der Waals surface area contributed by atoms with Crippen LogP contribution in [0.2, 0.25) is 0 Å². The minimum atomic E-state index is -0.642. The molecule has 0 unspecified atom stereocenters. The number of hydrogen-bond acceptors (Lipinski definition) is 2. The number of urea groups is 1. The largest absolute Gasteiger partial charge is 0.325 e. The summed E-state index contributed by atoms with van der Waals surface area (Å²) in [6.07, 6.45) is 2.41. The maximum atomic E-state index is 12.8. The molecule has 0 atom stereocenters. The van der Waals surface area contributed by atoms with E-state index in [9.17, 15) is 14.0 Å². The van der Waals surface area contributed by atoms with Crippen LogP contribution in [0.25, 0.3) is 0 Å². The Morgan fingerprint density at radius 3 is 2.39 bits per heavy atom. The summed E-state index contributed by atoms with van der Waals surface area (Å²) < 4.78 is 12.8. The number of carbonyl (C=O) groups is 2. The number of nitrogens with one attached hydrogen (secondary N) is 1. The summed E-state index contributed by atoms with van der Waals surface area (Å²) in [4.78, 5) is 25.2. The first-order valence-electron chi connectivity index (χ1n) is 5.99. The number of hydrogen-bond donors (Lipinski definition) is 1. The smallest absolute Gasteiger partial charge is 0.323 e. The second-order valence-electron chi connectivity index (χ2n) is 4.88. The third kappa shape index (κ3) is 1.58. The zero-order valence-electron chi connectivity index (χ0n) is 9.78. The molecule has 0 radical (unpaired) electrons. The van der Waals surface area contributed by atoms with Crippen molar-refractivity contribution in [1.82, 2.24) is 10.2 Å². The van der Waals surface area contributed by atoms with Crippen molar-refractivity contribution in [3.05, 3.63) is 35.6 Å². The maximum Gasteiger partial charge on any atom is 0.325 e. The minimum absolute atomic E-state index is 0.150. The summed E-state index contributed by atoms with van der Waals surface area (Å²) in [6.45, 7) is 0.201. The van der Waals surface area contributed by atoms with E-state index in [1.165, 1.54) is 17.0 Å². The maximum absolute atomic E-state index is 12.8. The SMILES string of the molecule is O=C1NC2(CCC2)C(=O)N1Cc1ccc(F)cc1. The van der Waals surface area contributed by atoms with Gasteiger partial charge in [-0.15, -0.1) is 0 Å². The average Bonchev–Trinajstić information content (AvgIpc) is 2.56.